The fraction of sp³-hybridized carbons (Fsp3) is 0.857. The number of carbonyl (C=O) groups excluding carboxylic acids is 1. The molecule has 2 saturated heterocycles. The summed E-state index contributed by atoms with van der Waals surface area (Å²) >= 11 is 0. The van der Waals surface area contributed by atoms with Crippen molar-refractivity contribution in [2.45, 2.75) is 84.4 Å². The Morgan fingerprint density at radius 2 is 2.00 bits per heavy atom. The lowest BCUT2D eigenvalue weighted by atomic mass is 9.68. The normalized spacial score (nSPS) is 51.5. The number of fused-ring (bicyclic) bond motifs is 4. The lowest BCUT2D eigenvalue weighted by molar-refractivity contribution is -0.124. The van der Waals surface area contributed by atoms with Crippen molar-refractivity contribution in [3.63, 3.8) is 0 Å². The Morgan fingerprint density at radius 3 is 2.71 bits per heavy atom. The third-order valence-electron chi connectivity index (χ3n) is 8.32. The monoisotopic (exact) mass is 329 g/mol. The third-order valence-corrected chi connectivity index (χ3v) is 8.32. The molecule has 2 bridgehead atoms. The predicted molar refractivity (Wildman–Crippen MR) is 93.5 cm³/mol. The number of hydrogen-bond donors (Lipinski definition) is 1. The van der Waals surface area contributed by atoms with Crippen LogP contribution >= 0.6 is 0 Å². The molecule has 0 aromatic heterocycles. The molecule has 5 rings (SSSR count). The number of piperidine rings is 1. The van der Waals surface area contributed by atoms with Gasteiger partial charge in [-0.05, 0) is 43.2 Å². The topological polar surface area (TPSA) is 40.5 Å². The molecule has 4 fully saturated rings. The van der Waals surface area contributed by atoms with Gasteiger partial charge < -0.3 is 5.11 Å². The number of aliphatic hydroxyl groups is 1. The second kappa shape index (κ2) is 4.35. The Kier molecular flexibility index (Phi) is 2.82. The molecular weight excluding hydrogens is 298 g/mol. The molecule has 132 valence electrons. The maximum absolute atomic E-state index is 12.5. The maximum Gasteiger partial charge on any atom is 0.136 e. The van der Waals surface area contributed by atoms with Gasteiger partial charge in [0, 0.05) is 41.7 Å². The van der Waals surface area contributed by atoms with Gasteiger partial charge in [0.25, 0.3) is 0 Å². The Balaban J connectivity index is 1.72. The Hall–Kier alpha value is -0.670. The molecule has 0 amide bonds. The van der Waals surface area contributed by atoms with Crippen molar-refractivity contribution >= 4 is 5.78 Å². The second-order valence-electron chi connectivity index (χ2n) is 10.3. The van der Waals surface area contributed by atoms with Crippen LogP contribution in [0.15, 0.2) is 11.1 Å². The van der Waals surface area contributed by atoms with Gasteiger partial charge in [-0.1, -0.05) is 33.3 Å². The molecule has 1 N–H and O–H groups in total. The molecule has 2 heterocycles. The van der Waals surface area contributed by atoms with E-state index in [0.717, 1.165) is 38.6 Å². The molecule has 3 heteroatoms. The molecule has 0 aromatic carbocycles. The average Bonchev–Trinajstić information content (AvgIpc) is 2.96. The molecule has 2 aliphatic heterocycles. The first kappa shape index (κ1) is 15.6. The van der Waals surface area contributed by atoms with E-state index < -0.39 is 0 Å². The van der Waals surface area contributed by atoms with Crippen LogP contribution in [0.5, 0.6) is 0 Å². The zero-order valence-corrected chi connectivity index (χ0v) is 15.6. The number of rotatable bonds is 2. The van der Waals surface area contributed by atoms with Gasteiger partial charge in [0.05, 0.1) is 6.10 Å². The molecule has 0 unspecified atom stereocenters. The number of ketones is 1. The fourth-order valence-electron chi connectivity index (χ4n) is 7.52. The molecule has 1 spiro atoms. The van der Waals surface area contributed by atoms with Crippen LogP contribution < -0.4 is 0 Å². The van der Waals surface area contributed by atoms with Crippen molar-refractivity contribution in [1.29, 1.82) is 0 Å². The smallest absolute Gasteiger partial charge is 0.136 e. The number of Topliss-reactive ketones (excluding diaryl/α,β-unsaturated/α-hetero) is 1. The zero-order valence-electron chi connectivity index (χ0n) is 15.6. The van der Waals surface area contributed by atoms with Crippen molar-refractivity contribution < 1.29 is 9.90 Å². The molecule has 3 nitrogen and oxygen atoms in total. The van der Waals surface area contributed by atoms with Gasteiger partial charge in [0.1, 0.15) is 5.78 Å². The van der Waals surface area contributed by atoms with Crippen molar-refractivity contribution in [1.82, 2.24) is 4.90 Å². The average molecular weight is 329 g/mol. The maximum atomic E-state index is 12.5. The van der Waals surface area contributed by atoms with E-state index in [4.69, 9.17) is 0 Å². The highest BCUT2D eigenvalue weighted by molar-refractivity contribution is 5.83. The summed E-state index contributed by atoms with van der Waals surface area (Å²) in [5.74, 6) is 0.792. The largest absolute Gasteiger partial charge is 0.392 e. The van der Waals surface area contributed by atoms with E-state index in [2.05, 4.69) is 32.6 Å². The van der Waals surface area contributed by atoms with Crippen LogP contribution in [-0.4, -0.2) is 40.5 Å². The summed E-state index contributed by atoms with van der Waals surface area (Å²) in [7, 11) is 0. The minimum absolute atomic E-state index is 0.00689. The highest BCUT2D eigenvalue weighted by Gasteiger charge is 2.81. The molecule has 2 saturated carbocycles. The Morgan fingerprint density at radius 1 is 1.25 bits per heavy atom. The number of nitrogens with zero attached hydrogens (tertiary/aromatic N) is 1. The van der Waals surface area contributed by atoms with Gasteiger partial charge in [-0.25, -0.2) is 0 Å². The van der Waals surface area contributed by atoms with Gasteiger partial charge in [0.15, 0.2) is 0 Å². The summed E-state index contributed by atoms with van der Waals surface area (Å²) in [6, 6.07) is 0.701. The molecule has 6 atom stereocenters. The van der Waals surface area contributed by atoms with Crippen molar-refractivity contribution in [3.05, 3.63) is 11.1 Å². The van der Waals surface area contributed by atoms with Crippen LogP contribution in [0, 0.1) is 22.2 Å². The van der Waals surface area contributed by atoms with Gasteiger partial charge in [0.2, 0.25) is 0 Å². The first-order chi connectivity index (χ1) is 11.2. The molecule has 3 aliphatic carbocycles. The predicted octanol–water partition coefficient (Wildman–Crippen LogP) is 3.32. The highest BCUT2D eigenvalue weighted by Crippen LogP contribution is 2.81. The van der Waals surface area contributed by atoms with E-state index in [9.17, 15) is 9.90 Å². The van der Waals surface area contributed by atoms with Crippen LogP contribution in [-0.2, 0) is 4.79 Å². The van der Waals surface area contributed by atoms with E-state index in [-0.39, 0.29) is 16.9 Å². The van der Waals surface area contributed by atoms with Crippen LogP contribution in [0.25, 0.3) is 0 Å². The molecule has 5 aliphatic rings. The number of aliphatic hydroxyl groups excluding tert-OH is 1. The van der Waals surface area contributed by atoms with Crippen LogP contribution in [0.2, 0.25) is 0 Å². The first-order valence-electron chi connectivity index (χ1n) is 9.94. The van der Waals surface area contributed by atoms with Crippen molar-refractivity contribution in [3.8, 4) is 0 Å². The fourth-order valence-corrected chi connectivity index (χ4v) is 7.52. The second-order valence-corrected chi connectivity index (χ2v) is 10.3. The zero-order chi connectivity index (χ0) is 17.1. The van der Waals surface area contributed by atoms with Gasteiger partial charge >= 0.3 is 0 Å². The van der Waals surface area contributed by atoms with Crippen molar-refractivity contribution in [2.24, 2.45) is 22.2 Å². The van der Waals surface area contributed by atoms with Crippen LogP contribution in [0.4, 0.5) is 0 Å². The molecule has 24 heavy (non-hydrogen) atoms. The van der Waals surface area contributed by atoms with E-state index >= 15 is 0 Å². The standard InChI is InChI=1S/C21H31NO2/c1-5-6-22-15-7-12(23)8-16(22)21-11-20(21,4)18(24)14-10-19(2,3)9-13(14)17(15)21/h14-16,18,24H,5-11H2,1-4H3/t14-,15-,16+,18+,20-,21+/m1/s1. The quantitative estimate of drug-likeness (QED) is 0.790. The summed E-state index contributed by atoms with van der Waals surface area (Å²) in [5.41, 5.74) is 3.61. The van der Waals surface area contributed by atoms with Crippen molar-refractivity contribution in [2.75, 3.05) is 6.54 Å². The molecule has 0 aromatic rings. The number of carbonyl (C=O) groups is 1. The van der Waals surface area contributed by atoms with Crippen LogP contribution in [0.1, 0.15) is 66.2 Å². The first-order valence-corrected chi connectivity index (χ1v) is 9.94. The van der Waals surface area contributed by atoms with E-state index in [1.165, 1.54) is 0 Å². The minimum Gasteiger partial charge on any atom is -0.392 e. The van der Waals surface area contributed by atoms with E-state index in [0.29, 0.717) is 35.6 Å². The van der Waals surface area contributed by atoms with Gasteiger partial charge in [-0.2, -0.15) is 0 Å². The Bertz CT molecular complexity index is 665. The van der Waals surface area contributed by atoms with Gasteiger partial charge in [-0.15, -0.1) is 0 Å². The summed E-state index contributed by atoms with van der Waals surface area (Å²) in [5, 5.41) is 11.3. The summed E-state index contributed by atoms with van der Waals surface area (Å²) in [6.07, 6.45) is 5.70. The van der Waals surface area contributed by atoms with E-state index in [1.807, 2.05) is 0 Å². The summed E-state index contributed by atoms with van der Waals surface area (Å²) < 4.78 is 0. The number of hydrogen-bond acceptors (Lipinski definition) is 3. The lowest BCUT2D eigenvalue weighted by Crippen LogP contribution is -2.46. The van der Waals surface area contributed by atoms with Gasteiger partial charge in [-0.3, -0.25) is 9.69 Å². The van der Waals surface area contributed by atoms with E-state index in [1.54, 1.807) is 11.1 Å². The van der Waals surface area contributed by atoms with Crippen LogP contribution in [0.3, 0.4) is 0 Å². The Labute approximate surface area is 145 Å². The highest BCUT2D eigenvalue weighted by atomic mass is 16.3. The summed E-state index contributed by atoms with van der Waals surface area (Å²) in [4.78, 5) is 15.1. The minimum atomic E-state index is -0.212. The SMILES string of the molecule is CCCN1[C@@H]2CC(=O)C[C@H]1[C@]13C[C@]1(C)[C@@H](O)[C@@H]1CC(C)(C)CC1=C23. The summed E-state index contributed by atoms with van der Waals surface area (Å²) in [6.45, 7) is 10.4. The lowest BCUT2D eigenvalue weighted by Gasteiger charge is -2.38. The molecule has 0 radical (unpaired) electrons. The third kappa shape index (κ3) is 1.55. The molecular formula is C21H31NO2.